The van der Waals surface area contributed by atoms with Gasteiger partial charge in [0, 0.05) is 25.0 Å². The Morgan fingerprint density at radius 3 is 3.07 bits per heavy atom. The molecule has 2 aromatic rings. The van der Waals surface area contributed by atoms with E-state index in [0.29, 0.717) is 11.6 Å². The van der Waals surface area contributed by atoms with Gasteiger partial charge in [0.25, 0.3) is 0 Å². The van der Waals surface area contributed by atoms with Crippen molar-refractivity contribution in [1.29, 1.82) is 0 Å². The fourth-order valence-corrected chi connectivity index (χ4v) is 1.23. The number of rotatable bonds is 3. The Hall–Kier alpha value is -1.95. The molecule has 0 radical (unpaired) electrons. The van der Waals surface area contributed by atoms with Crippen LogP contribution in [0.25, 0.3) is 11.4 Å². The lowest BCUT2D eigenvalue weighted by Crippen LogP contribution is -2.08. The molecule has 0 saturated carbocycles. The zero-order valence-corrected chi connectivity index (χ0v) is 8.38. The van der Waals surface area contributed by atoms with Crippen LogP contribution in [0.2, 0.25) is 0 Å². The first-order chi connectivity index (χ1) is 7.33. The van der Waals surface area contributed by atoms with Crippen molar-refractivity contribution < 1.29 is 0 Å². The summed E-state index contributed by atoms with van der Waals surface area (Å²) in [5.74, 6) is 6.47. The highest BCUT2D eigenvalue weighted by Crippen LogP contribution is 2.14. The van der Waals surface area contributed by atoms with Crippen molar-refractivity contribution in [2.45, 2.75) is 13.5 Å². The summed E-state index contributed by atoms with van der Waals surface area (Å²) in [4.78, 5) is 8.35. The summed E-state index contributed by atoms with van der Waals surface area (Å²) in [6.45, 7) is 2.85. The van der Waals surface area contributed by atoms with Gasteiger partial charge in [0.15, 0.2) is 5.82 Å². The Labute approximate surface area is 87.1 Å². The van der Waals surface area contributed by atoms with Gasteiger partial charge in [0.2, 0.25) is 0 Å². The fourth-order valence-electron chi connectivity index (χ4n) is 1.23. The quantitative estimate of drug-likeness (QED) is 0.566. The molecule has 15 heavy (non-hydrogen) atoms. The van der Waals surface area contributed by atoms with Crippen LogP contribution in [0, 0.1) is 0 Å². The third kappa shape index (κ3) is 1.94. The van der Waals surface area contributed by atoms with Gasteiger partial charge in [-0.2, -0.15) is 5.10 Å². The van der Waals surface area contributed by atoms with Crippen LogP contribution in [-0.2, 0) is 6.54 Å². The molecular formula is C9H12N6. The maximum atomic E-state index is 5.27. The molecular weight excluding hydrogens is 192 g/mol. The molecule has 0 unspecified atom stereocenters. The molecule has 0 aliphatic heterocycles. The normalized spacial score (nSPS) is 10.3. The number of aryl methyl sites for hydroxylation is 1. The van der Waals surface area contributed by atoms with Crippen LogP contribution in [0.4, 0.5) is 5.82 Å². The van der Waals surface area contributed by atoms with E-state index in [9.17, 15) is 0 Å². The SMILES string of the molecule is CCn1cc(-c2nccc(NN)n2)cn1. The monoisotopic (exact) mass is 204 g/mol. The van der Waals surface area contributed by atoms with Crippen molar-refractivity contribution in [3.63, 3.8) is 0 Å². The van der Waals surface area contributed by atoms with Gasteiger partial charge < -0.3 is 5.43 Å². The van der Waals surface area contributed by atoms with Crippen LogP contribution in [0.1, 0.15) is 6.92 Å². The summed E-state index contributed by atoms with van der Waals surface area (Å²) in [7, 11) is 0. The van der Waals surface area contributed by atoms with E-state index in [4.69, 9.17) is 5.84 Å². The van der Waals surface area contributed by atoms with Gasteiger partial charge in [-0.05, 0) is 6.92 Å². The van der Waals surface area contributed by atoms with E-state index in [1.165, 1.54) is 0 Å². The number of nitrogens with zero attached hydrogens (tertiary/aromatic N) is 4. The lowest BCUT2D eigenvalue weighted by atomic mass is 10.3. The van der Waals surface area contributed by atoms with Crippen LogP contribution in [0.15, 0.2) is 24.7 Å². The summed E-state index contributed by atoms with van der Waals surface area (Å²) in [6, 6.07) is 1.70. The van der Waals surface area contributed by atoms with E-state index in [0.717, 1.165) is 12.1 Å². The zero-order chi connectivity index (χ0) is 10.7. The maximum absolute atomic E-state index is 5.27. The van der Waals surface area contributed by atoms with Gasteiger partial charge in [-0.1, -0.05) is 0 Å². The molecule has 3 N–H and O–H groups in total. The number of hydrazine groups is 1. The topological polar surface area (TPSA) is 81.7 Å². The van der Waals surface area contributed by atoms with Crippen molar-refractivity contribution >= 4 is 5.82 Å². The van der Waals surface area contributed by atoms with Crippen LogP contribution < -0.4 is 11.3 Å². The smallest absolute Gasteiger partial charge is 0.164 e. The maximum Gasteiger partial charge on any atom is 0.164 e. The molecule has 0 spiro atoms. The average Bonchev–Trinajstić information content (AvgIpc) is 2.78. The standard InChI is InChI=1S/C9H12N6/c1-2-15-6-7(5-12-15)9-11-4-3-8(13-9)14-10/h3-6H,2,10H2,1H3,(H,11,13,14). The molecule has 2 rings (SSSR count). The van der Waals surface area contributed by atoms with Gasteiger partial charge in [-0.3, -0.25) is 4.68 Å². The lowest BCUT2D eigenvalue weighted by molar-refractivity contribution is 0.660. The zero-order valence-electron chi connectivity index (χ0n) is 8.38. The predicted molar refractivity (Wildman–Crippen MR) is 56.7 cm³/mol. The summed E-state index contributed by atoms with van der Waals surface area (Å²) in [5, 5.41) is 4.15. The van der Waals surface area contributed by atoms with Crippen molar-refractivity contribution in [3.8, 4) is 11.4 Å². The minimum absolute atomic E-state index is 0.587. The molecule has 0 saturated heterocycles. The number of nitrogen functional groups attached to an aromatic ring is 1. The third-order valence-corrected chi connectivity index (χ3v) is 2.02. The largest absolute Gasteiger partial charge is 0.308 e. The Morgan fingerprint density at radius 1 is 1.53 bits per heavy atom. The van der Waals surface area contributed by atoms with Crippen molar-refractivity contribution in [2.75, 3.05) is 5.43 Å². The van der Waals surface area contributed by atoms with E-state index in [-0.39, 0.29) is 0 Å². The molecule has 0 aliphatic carbocycles. The molecule has 0 amide bonds. The second-order valence-electron chi connectivity index (χ2n) is 2.99. The predicted octanol–water partition coefficient (Wildman–Crippen LogP) is 0.646. The van der Waals surface area contributed by atoms with Crippen molar-refractivity contribution in [1.82, 2.24) is 19.7 Å². The van der Waals surface area contributed by atoms with Gasteiger partial charge in [0.05, 0.1) is 11.8 Å². The summed E-state index contributed by atoms with van der Waals surface area (Å²) < 4.78 is 1.82. The second kappa shape index (κ2) is 4.05. The summed E-state index contributed by atoms with van der Waals surface area (Å²) in [6.07, 6.45) is 5.29. The minimum Gasteiger partial charge on any atom is -0.308 e. The Balaban J connectivity index is 2.35. The number of nitrogens with two attached hydrogens (primary N) is 1. The molecule has 6 heteroatoms. The molecule has 78 valence electrons. The Kier molecular flexibility index (Phi) is 2.59. The molecule has 0 fully saturated rings. The number of hydrogen-bond acceptors (Lipinski definition) is 5. The molecule has 0 bridgehead atoms. The fraction of sp³-hybridized carbons (Fsp3) is 0.222. The molecule has 0 atom stereocenters. The first-order valence-electron chi connectivity index (χ1n) is 4.66. The van der Waals surface area contributed by atoms with E-state index in [1.807, 2.05) is 17.8 Å². The molecule has 0 aromatic carbocycles. The van der Waals surface area contributed by atoms with Gasteiger partial charge in [-0.25, -0.2) is 15.8 Å². The van der Waals surface area contributed by atoms with E-state index in [2.05, 4.69) is 20.5 Å². The van der Waals surface area contributed by atoms with Crippen LogP contribution in [0.3, 0.4) is 0 Å². The summed E-state index contributed by atoms with van der Waals surface area (Å²) >= 11 is 0. The first-order valence-corrected chi connectivity index (χ1v) is 4.66. The van der Waals surface area contributed by atoms with Crippen molar-refractivity contribution in [3.05, 3.63) is 24.7 Å². The summed E-state index contributed by atoms with van der Waals surface area (Å²) in [5.41, 5.74) is 3.36. The van der Waals surface area contributed by atoms with E-state index >= 15 is 0 Å². The number of hydrogen-bond donors (Lipinski definition) is 2. The highest BCUT2D eigenvalue weighted by Gasteiger charge is 2.04. The van der Waals surface area contributed by atoms with E-state index in [1.54, 1.807) is 18.5 Å². The van der Waals surface area contributed by atoms with Gasteiger partial charge in [-0.15, -0.1) is 0 Å². The first kappa shape index (κ1) is 9.60. The number of aromatic nitrogens is 4. The highest BCUT2D eigenvalue weighted by molar-refractivity contribution is 5.54. The van der Waals surface area contributed by atoms with Gasteiger partial charge >= 0.3 is 0 Å². The minimum atomic E-state index is 0.587. The van der Waals surface area contributed by atoms with E-state index < -0.39 is 0 Å². The third-order valence-electron chi connectivity index (χ3n) is 2.02. The van der Waals surface area contributed by atoms with Gasteiger partial charge in [0.1, 0.15) is 5.82 Å². The molecule has 0 aliphatic rings. The van der Waals surface area contributed by atoms with Crippen molar-refractivity contribution in [2.24, 2.45) is 5.84 Å². The lowest BCUT2D eigenvalue weighted by Gasteiger charge is -1.99. The number of anilines is 1. The highest BCUT2D eigenvalue weighted by atomic mass is 15.3. The average molecular weight is 204 g/mol. The van der Waals surface area contributed by atoms with Crippen LogP contribution >= 0.6 is 0 Å². The van der Waals surface area contributed by atoms with Crippen LogP contribution in [-0.4, -0.2) is 19.7 Å². The second-order valence-corrected chi connectivity index (χ2v) is 2.99. The Bertz CT molecular complexity index is 449. The van der Waals surface area contributed by atoms with Crippen LogP contribution in [0.5, 0.6) is 0 Å². The Morgan fingerprint density at radius 2 is 2.40 bits per heavy atom. The number of nitrogens with one attached hydrogen (secondary N) is 1. The molecule has 6 nitrogen and oxygen atoms in total. The molecule has 2 aromatic heterocycles. The molecule has 2 heterocycles.